The average molecular weight is 387 g/mol. The molecule has 1 atom stereocenters. The molecular formula is C18H24Cl2N2O3. The summed E-state index contributed by atoms with van der Waals surface area (Å²) in [4.78, 5) is 17.3. The quantitative estimate of drug-likeness (QED) is 0.866. The van der Waals surface area contributed by atoms with E-state index in [4.69, 9.17) is 27.9 Å². The number of benzene rings is 1. The van der Waals surface area contributed by atoms with E-state index < -0.39 is 11.5 Å². The van der Waals surface area contributed by atoms with Gasteiger partial charge in [-0.25, -0.2) is 0 Å². The van der Waals surface area contributed by atoms with E-state index in [-0.39, 0.29) is 5.91 Å². The number of nitrogens with zero attached hydrogens (tertiary/aromatic N) is 2. The molecule has 2 aliphatic heterocycles. The number of rotatable bonds is 3. The van der Waals surface area contributed by atoms with Crippen LogP contribution in [0.2, 0.25) is 10.0 Å². The topological polar surface area (TPSA) is 53.0 Å². The van der Waals surface area contributed by atoms with Gasteiger partial charge in [-0.15, -0.1) is 0 Å². The van der Waals surface area contributed by atoms with Gasteiger partial charge in [-0.2, -0.15) is 0 Å². The Morgan fingerprint density at radius 3 is 2.40 bits per heavy atom. The van der Waals surface area contributed by atoms with Crippen molar-refractivity contribution < 1.29 is 14.6 Å². The Bertz CT molecular complexity index is 627. The molecule has 1 N–H and O–H groups in total. The maximum atomic E-state index is 13.3. The lowest BCUT2D eigenvalue weighted by molar-refractivity contribution is -0.146. The molecule has 2 aliphatic rings. The molecule has 0 radical (unpaired) electrons. The lowest BCUT2D eigenvalue weighted by Gasteiger charge is -2.43. The molecule has 2 fully saturated rings. The first-order valence-corrected chi connectivity index (χ1v) is 9.39. The van der Waals surface area contributed by atoms with E-state index in [1.807, 2.05) is 7.05 Å². The van der Waals surface area contributed by atoms with Crippen LogP contribution >= 0.6 is 23.2 Å². The van der Waals surface area contributed by atoms with Crippen molar-refractivity contribution in [3.05, 3.63) is 33.8 Å². The summed E-state index contributed by atoms with van der Waals surface area (Å²) < 4.78 is 5.35. The lowest BCUT2D eigenvalue weighted by Crippen LogP contribution is -2.53. The van der Waals surface area contributed by atoms with Crippen molar-refractivity contribution in [2.75, 3.05) is 46.4 Å². The highest BCUT2D eigenvalue weighted by Gasteiger charge is 2.45. The number of ether oxygens (including phenoxy) is 1. The SMILES string of the molecule is CN1CCC(O)(C(C(=O)N2CCOCC2)c2ccc(Cl)c(Cl)c2)CC1. The van der Waals surface area contributed by atoms with Crippen LogP contribution in [0.15, 0.2) is 18.2 Å². The molecule has 0 aliphatic carbocycles. The van der Waals surface area contributed by atoms with Gasteiger partial charge in [0.15, 0.2) is 0 Å². The number of carbonyl (C=O) groups is 1. The Hall–Kier alpha value is -0.850. The van der Waals surface area contributed by atoms with E-state index in [0.717, 1.165) is 18.7 Å². The van der Waals surface area contributed by atoms with Gasteiger partial charge in [0.2, 0.25) is 5.91 Å². The molecule has 7 heteroatoms. The summed E-state index contributed by atoms with van der Waals surface area (Å²) in [5.74, 6) is -0.706. The smallest absolute Gasteiger partial charge is 0.233 e. The fraction of sp³-hybridized carbons (Fsp3) is 0.611. The van der Waals surface area contributed by atoms with Crippen LogP contribution in [-0.2, 0) is 9.53 Å². The molecule has 1 amide bonds. The van der Waals surface area contributed by atoms with E-state index in [1.165, 1.54) is 0 Å². The fourth-order valence-electron chi connectivity index (χ4n) is 3.64. The second kappa shape index (κ2) is 7.80. The van der Waals surface area contributed by atoms with Crippen LogP contribution < -0.4 is 0 Å². The van der Waals surface area contributed by atoms with Gasteiger partial charge in [0, 0.05) is 26.2 Å². The van der Waals surface area contributed by atoms with Crippen LogP contribution in [0.5, 0.6) is 0 Å². The maximum absolute atomic E-state index is 13.3. The maximum Gasteiger partial charge on any atom is 0.233 e. The predicted octanol–water partition coefficient (Wildman–Crippen LogP) is 2.39. The molecule has 25 heavy (non-hydrogen) atoms. The standard InChI is InChI=1S/C18H24Cl2N2O3/c1-21-6-4-18(24,5-7-21)16(13-2-3-14(19)15(20)12-13)17(23)22-8-10-25-11-9-22/h2-3,12,16,24H,4-11H2,1H3. The first kappa shape index (κ1) is 18.9. The van der Waals surface area contributed by atoms with Crippen LogP contribution in [0, 0.1) is 0 Å². The number of likely N-dealkylation sites (tertiary alicyclic amines) is 1. The number of aliphatic hydroxyl groups is 1. The first-order valence-electron chi connectivity index (χ1n) is 8.63. The van der Waals surface area contributed by atoms with Crippen molar-refractivity contribution in [3.63, 3.8) is 0 Å². The number of carbonyl (C=O) groups excluding carboxylic acids is 1. The summed E-state index contributed by atoms with van der Waals surface area (Å²) in [5.41, 5.74) is -0.364. The van der Waals surface area contributed by atoms with Gasteiger partial charge in [0.1, 0.15) is 0 Å². The highest BCUT2D eigenvalue weighted by molar-refractivity contribution is 6.42. The van der Waals surface area contributed by atoms with E-state index in [9.17, 15) is 9.90 Å². The highest BCUT2D eigenvalue weighted by Crippen LogP contribution is 2.39. The second-order valence-electron chi connectivity index (χ2n) is 6.95. The molecule has 1 unspecified atom stereocenters. The molecular weight excluding hydrogens is 363 g/mol. The zero-order valence-electron chi connectivity index (χ0n) is 14.4. The van der Waals surface area contributed by atoms with E-state index in [2.05, 4.69) is 4.90 Å². The Labute approximate surface area is 158 Å². The third-order valence-electron chi connectivity index (χ3n) is 5.24. The monoisotopic (exact) mass is 386 g/mol. The number of piperidine rings is 1. The van der Waals surface area contributed by atoms with Crippen molar-refractivity contribution >= 4 is 29.1 Å². The van der Waals surface area contributed by atoms with Gasteiger partial charge in [-0.1, -0.05) is 29.3 Å². The van der Waals surface area contributed by atoms with E-state index >= 15 is 0 Å². The van der Waals surface area contributed by atoms with Gasteiger partial charge < -0.3 is 19.6 Å². The Balaban J connectivity index is 1.95. The first-order chi connectivity index (χ1) is 11.9. The summed E-state index contributed by atoms with van der Waals surface area (Å²) in [7, 11) is 2.03. The number of hydrogen-bond donors (Lipinski definition) is 1. The van der Waals surface area contributed by atoms with Crippen molar-refractivity contribution in [3.8, 4) is 0 Å². The van der Waals surface area contributed by atoms with Crippen LogP contribution in [-0.4, -0.2) is 72.9 Å². The van der Waals surface area contributed by atoms with Crippen molar-refractivity contribution in [2.45, 2.75) is 24.4 Å². The molecule has 0 aromatic heterocycles. The molecule has 0 saturated carbocycles. The minimum atomic E-state index is -1.08. The summed E-state index contributed by atoms with van der Waals surface area (Å²) in [6, 6.07) is 5.20. The number of amides is 1. The molecule has 3 rings (SSSR count). The second-order valence-corrected chi connectivity index (χ2v) is 7.77. The van der Waals surface area contributed by atoms with Crippen molar-refractivity contribution in [2.24, 2.45) is 0 Å². The van der Waals surface area contributed by atoms with Crippen LogP contribution in [0.3, 0.4) is 0 Å². The van der Waals surface area contributed by atoms with E-state index in [1.54, 1.807) is 23.1 Å². The molecule has 1 aromatic carbocycles. The molecule has 0 bridgehead atoms. The molecule has 5 nitrogen and oxygen atoms in total. The van der Waals surface area contributed by atoms with Crippen molar-refractivity contribution in [1.82, 2.24) is 9.80 Å². The van der Waals surface area contributed by atoms with Gasteiger partial charge in [0.05, 0.1) is 34.8 Å². The van der Waals surface area contributed by atoms with Gasteiger partial charge in [0.25, 0.3) is 0 Å². The Morgan fingerprint density at radius 1 is 1.16 bits per heavy atom. The Kier molecular flexibility index (Phi) is 5.91. The van der Waals surface area contributed by atoms with Crippen LogP contribution in [0.4, 0.5) is 0 Å². The summed E-state index contributed by atoms with van der Waals surface area (Å²) in [5, 5.41) is 12.2. The van der Waals surface area contributed by atoms with Gasteiger partial charge >= 0.3 is 0 Å². The van der Waals surface area contributed by atoms with Gasteiger partial charge in [-0.05, 0) is 37.6 Å². The van der Waals surface area contributed by atoms with Gasteiger partial charge in [-0.3, -0.25) is 4.79 Å². The van der Waals surface area contributed by atoms with Crippen molar-refractivity contribution in [1.29, 1.82) is 0 Å². The molecule has 1 aromatic rings. The number of morpholine rings is 1. The largest absolute Gasteiger partial charge is 0.389 e. The zero-order chi connectivity index (χ0) is 18.0. The third kappa shape index (κ3) is 4.12. The molecule has 138 valence electrons. The third-order valence-corrected chi connectivity index (χ3v) is 5.98. The average Bonchev–Trinajstić information content (AvgIpc) is 2.62. The van der Waals surface area contributed by atoms with Crippen LogP contribution in [0.1, 0.15) is 24.3 Å². The highest BCUT2D eigenvalue weighted by atomic mass is 35.5. The van der Waals surface area contributed by atoms with Crippen LogP contribution in [0.25, 0.3) is 0 Å². The predicted molar refractivity (Wildman–Crippen MR) is 98.3 cm³/mol. The normalized spacial score (nSPS) is 22.6. The molecule has 2 saturated heterocycles. The molecule has 0 spiro atoms. The minimum Gasteiger partial charge on any atom is -0.389 e. The summed E-state index contributed by atoms with van der Waals surface area (Å²) >= 11 is 12.2. The van der Waals surface area contributed by atoms with E-state index in [0.29, 0.717) is 49.2 Å². The number of hydrogen-bond acceptors (Lipinski definition) is 4. The lowest BCUT2D eigenvalue weighted by atomic mass is 9.75. The summed E-state index contributed by atoms with van der Waals surface area (Å²) in [6.45, 7) is 3.66. The number of halogens is 2. The molecule has 2 heterocycles. The zero-order valence-corrected chi connectivity index (χ0v) is 15.9. The minimum absolute atomic E-state index is 0.0613. The summed E-state index contributed by atoms with van der Waals surface area (Å²) in [6.07, 6.45) is 1.09. The Morgan fingerprint density at radius 2 is 1.80 bits per heavy atom. The fourth-order valence-corrected chi connectivity index (χ4v) is 3.94.